The first-order valence-electron chi connectivity index (χ1n) is 6.89. The summed E-state index contributed by atoms with van der Waals surface area (Å²) in [6.07, 6.45) is 1.51. The molecule has 1 amide bonds. The van der Waals surface area contributed by atoms with Gasteiger partial charge in [-0.05, 0) is 31.5 Å². The van der Waals surface area contributed by atoms with Crippen molar-refractivity contribution in [1.82, 2.24) is 15.6 Å². The van der Waals surface area contributed by atoms with Crippen molar-refractivity contribution in [2.75, 3.05) is 13.1 Å². The smallest absolute Gasteiger partial charge is 0.221 e. The largest absolute Gasteiger partial charge is 0.357 e. The van der Waals surface area contributed by atoms with Gasteiger partial charge < -0.3 is 15.6 Å². The number of fused-ring (bicyclic) bond motifs is 3. The Kier molecular flexibility index (Phi) is 3.25. The van der Waals surface area contributed by atoms with Crippen molar-refractivity contribution in [1.29, 1.82) is 0 Å². The number of para-hydroxylation sites is 1. The number of amides is 1. The van der Waals surface area contributed by atoms with Gasteiger partial charge in [-0.1, -0.05) is 18.2 Å². The van der Waals surface area contributed by atoms with E-state index in [2.05, 4.69) is 33.8 Å². The molecule has 1 aliphatic heterocycles. The van der Waals surface area contributed by atoms with Gasteiger partial charge in [-0.25, -0.2) is 0 Å². The molecular formula is C15H19N3O. The van der Waals surface area contributed by atoms with Crippen LogP contribution in [-0.2, 0) is 11.2 Å². The second-order valence-corrected chi connectivity index (χ2v) is 4.98. The molecule has 3 N–H and O–H groups in total. The standard InChI is InChI=1S/C15H19N3O/c1-2-16-14(19)9-13-15-11(7-8-17-13)10-5-3-4-6-12(10)18-15/h3-6,13,17-18H,2,7-9H2,1H3,(H,16,19). The Labute approximate surface area is 112 Å². The first-order valence-corrected chi connectivity index (χ1v) is 6.89. The number of aromatic nitrogens is 1. The van der Waals surface area contributed by atoms with Crippen molar-refractivity contribution in [2.24, 2.45) is 0 Å². The molecular weight excluding hydrogens is 238 g/mol. The second-order valence-electron chi connectivity index (χ2n) is 4.98. The molecule has 0 aliphatic carbocycles. The predicted molar refractivity (Wildman–Crippen MR) is 76.0 cm³/mol. The van der Waals surface area contributed by atoms with Gasteiger partial charge in [0.05, 0.1) is 6.04 Å². The van der Waals surface area contributed by atoms with Gasteiger partial charge in [0.1, 0.15) is 0 Å². The fourth-order valence-electron chi connectivity index (χ4n) is 2.89. The van der Waals surface area contributed by atoms with Crippen LogP contribution in [0.5, 0.6) is 0 Å². The topological polar surface area (TPSA) is 56.9 Å². The van der Waals surface area contributed by atoms with Gasteiger partial charge in [0.2, 0.25) is 5.91 Å². The average Bonchev–Trinajstić information content (AvgIpc) is 2.79. The zero-order valence-corrected chi connectivity index (χ0v) is 11.1. The second kappa shape index (κ2) is 5.05. The van der Waals surface area contributed by atoms with E-state index in [1.165, 1.54) is 16.6 Å². The summed E-state index contributed by atoms with van der Waals surface area (Å²) in [7, 11) is 0. The lowest BCUT2D eigenvalue weighted by molar-refractivity contribution is -0.121. The number of carbonyl (C=O) groups excluding carboxylic acids is 1. The molecule has 1 unspecified atom stereocenters. The summed E-state index contributed by atoms with van der Waals surface area (Å²) in [6, 6.07) is 8.45. The Morgan fingerprint density at radius 3 is 3.11 bits per heavy atom. The lowest BCUT2D eigenvalue weighted by Gasteiger charge is -2.23. The Hall–Kier alpha value is -1.81. The maximum Gasteiger partial charge on any atom is 0.221 e. The molecule has 19 heavy (non-hydrogen) atoms. The minimum atomic E-state index is 0.0997. The summed E-state index contributed by atoms with van der Waals surface area (Å²) >= 11 is 0. The average molecular weight is 257 g/mol. The number of hydrogen-bond acceptors (Lipinski definition) is 2. The molecule has 1 atom stereocenters. The van der Waals surface area contributed by atoms with E-state index < -0.39 is 0 Å². The van der Waals surface area contributed by atoms with Crippen LogP contribution in [0.4, 0.5) is 0 Å². The predicted octanol–water partition coefficient (Wildman–Crippen LogP) is 1.88. The van der Waals surface area contributed by atoms with Gasteiger partial charge in [-0.2, -0.15) is 0 Å². The highest BCUT2D eigenvalue weighted by molar-refractivity contribution is 5.85. The van der Waals surface area contributed by atoms with Crippen molar-refractivity contribution in [2.45, 2.75) is 25.8 Å². The van der Waals surface area contributed by atoms with Crippen LogP contribution in [0.15, 0.2) is 24.3 Å². The number of aromatic amines is 1. The summed E-state index contributed by atoms with van der Waals surface area (Å²) in [5, 5.41) is 7.59. The molecule has 0 fully saturated rings. The van der Waals surface area contributed by atoms with Crippen LogP contribution in [0.3, 0.4) is 0 Å². The molecule has 0 spiro atoms. The van der Waals surface area contributed by atoms with Crippen LogP contribution in [-0.4, -0.2) is 24.0 Å². The molecule has 100 valence electrons. The van der Waals surface area contributed by atoms with E-state index in [0.29, 0.717) is 13.0 Å². The SMILES string of the molecule is CCNC(=O)CC1NCCc2c1[nH]c1ccccc21. The number of hydrogen-bond donors (Lipinski definition) is 3. The van der Waals surface area contributed by atoms with Crippen LogP contribution < -0.4 is 10.6 Å². The normalized spacial score (nSPS) is 18.3. The highest BCUT2D eigenvalue weighted by Crippen LogP contribution is 2.31. The van der Waals surface area contributed by atoms with E-state index in [-0.39, 0.29) is 11.9 Å². The monoisotopic (exact) mass is 257 g/mol. The summed E-state index contributed by atoms with van der Waals surface area (Å²) in [5.41, 5.74) is 3.71. The van der Waals surface area contributed by atoms with E-state index in [1.807, 2.05) is 13.0 Å². The van der Waals surface area contributed by atoms with Gasteiger partial charge in [0.25, 0.3) is 0 Å². The molecule has 0 saturated carbocycles. The zero-order valence-electron chi connectivity index (χ0n) is 11.1. The molecule has 3 rings (SSSR count). The molecule has 0 radical (unpaired) electrons. The van der Waals surface area contributed by atoms with Crippen LogP contribution >= 0.6 is 0 Å². The molecule has 1 aliphatic rings. The Morgan fingerprint density at radius 2 is 2.26 bits per heavy atom. The molecule has 2 heterocycles. The third-order valence-electron chi connectivity index (χ3n) is 3.72. The number of carbonyl (C=O) groups is 1. The van der Waals surface area contributed by atoms with Gasteiger partial charge in [0, 0.05) is 29.6 Å². The van der Waals surface area contributed by atoms with E-state index in [1.54, 1.807) is 0 Å². The van der Waals surface area contributed by atoms with Crippen LogP contribution in [0, 0.1) is 0 Å². The molecule has 0 bridgehead atoms. The Balaban J connectivity index is 1.93. The molecule has 0 saturated heterocycles. The maximum atomic E-state index is 11.8. The van der Waals surface area contributed by atoms with Gasteiger partial charge in [-0.3, -0.25) is 4.79 Å². The first-order chi connectivity index (χ1) is 9.29. The van der Waals surface area contributed by atoms with Crippen molar-refractivity contribution < 1.29 is 4.79 Å². The summed E-state index contributed by atoms with van der Waals surface area (Å²) in [5.74, 6) is 0.103. The van der Waals surface area contributed by atoms with Crippen LogP contribution in [0.1, 0.15) is 30.6 Å². The van der Waals surface area contributed by atoms with E-state index in [9.17, 15) is 4.79 Å². The summed E-state index contributed by atoms with van der Waals surface area (Å²) in [4.78, 5) is 15.2. The number of nitrogens with one attached hydrogen (secondary N) is 3. The first kappa shape index (κ1) is 12.2. The van der Waals surface area contributed by atoms with Crippen molar-refractivity contribution in [3.8, 4) is 0 Å². The van der Waals surface area contributed by atoms with Crippen LogP contribution in [0.2, 0.25) is 0 Å². The van der Waals surface area contributed by atoms with E-state index in [4.69, 9.17) is 0 Å². The fourth-order valence-corrected chi connectivity index (χ4v) is 2.89. The van der Waals surface area contributed by atoms with Gasteiger partial charge in [-0.15, -0.1) is 0 Å². The molecule has 4 nitrogen and oxygen atoms in total. The summed E-state index contributed by atoms with van der Waals surface area (Å²) < 4.78 is 0. The van der Waals surface area contributed by atoms with Crippen molar-refractivity contribution in [3.05, 3.63) is 35.5 Å². The van der Waals surface area contributed by atoms with Gasteiger partial charge >= 0.3 is 0 Å². The minimum absolute atomic E-state index is 0.0997. The Bertz CT molecular complexity index is 602. The fraction of sp³-hybridized carbons (Fsp3) is 0.400. The Morgan fingerprint density at radius 1 is 1.42 bits per heavy atom. The highest BCUT2D eigenvalue weighted by atomic mass is 16.1. The zero-order chi connectivity index (χ0) is 13.2. The number of rotatable bonds is 3. The molecule has 4 heteroatoms. The van der Waals surface area contributed by atoms with Crippen molar-refractivity contribution >= 4 is 16.8 Å². The molecule has 2 aromatic rings. The third kappa shape index (κ3) is 2.24. The number of H-pyrrole nitrogens is 1. The highest BCUT2D eigenvalue weighted by Gasteiger charge is 2.25. The minimum Gasteiger partial charge on any atom is -0.357 e. The molecule has 1 aromatic heterocycles. The maximum absolute atomic E-state index is 11.8. The number of benzene rings is 1. The van der Waals surface area contributed by atoms with Crippen LogP contribution in [0.25, 0.3) is 10.9 Å². The molecule has 1 aromatic carbocycles. The third-order valence-corrected chi connectivity index (χ3v) is 3.72. The van der Waals surface area contributed by atoms with Crippen molar-refractivity contribution in [3.63, 3.8) is 0 Å². The van der Waals surface area contributed by atoms with Gasteiger partial charge in [0.15, 0.2) is 0 Å². The lowest BCUT2D eigenvalue weighted by Crippen LogP contribution is -2.34. The summed E-state index contributed by atoms with van der Waals surface area (Å²) in [6.45, 7) is 3.56. The van der Waals surface area contributed by atoms with E-state index in [0.717, 1.165) is 18.5 Å². The quantitative estimate of drug-likeness (QED) is 0.786. The lowest BCUT2D eigenvalue weighted by atomic mass is 9.97. The van der Waals surface area contributed by atoms with E-state index >= 15 is 0 Å².